The van der Waals surface area contributed by atoms with Crippen molar-refractivity contribution >= 4 is 0 Å². The minimum atomic E-state index is 0.595. The van der Waals surface area contributed by atoms with Gasteiger partial charge in [-0.2, -0.15) is 0 Å². The molecule has 0 radical (unpaired) electrons. The molecule has 1 saturated carbocycles. The summed E-state index contributed by atoms with van der Waals surface area (Å²) in [5.41, 5.74) is 0.595. The minimum absolute atomic E-state index is 0.595. The van der Waals surface area contributed by atoms with Crippen LogP contribution in [0.2, 0.25) is 0 Å². The van der Waals surface area contributed by atoms with Gasteiger partial charge in [0.1, 0.15) is 0 Å². The summed E-state index contributed by atoms with van der Waals surface area (Å²) in [6.45, 7) is 9.46. The standard InChI is InChI=1S/C14H30N2/c1-4-10-15-11-12-16(3)13-14(2)8-6-5-7-9-14/h15H,4-13H2,1-3H3. The van der Waals surface area contributed by atoms with Gasteiger partial charge in [0.15, 0.2) is 0 Å². The van der Waals surface area contributed by atoms with E-state index in [1.165, 1.54) is 51.6 Å². The van der Waals surface area contributed by atoms with Gasteiger partial charge in [-0.05, 0) is 38.3 Å². The highest BCUT2D eigenvalue weighted by molar-refractivity contribution is 4.81. The lowest BCUT2D eigenvalue weighted by Gasteiger charge is -2.37. The predicted octanol–water partition coefficient (Wildman–Crippen LogP) is 2.89. The van der Waals surface area contributed by atoms with Crippen LogP contribution in [0.1, 0.15) is 52.4 Å². The number of likely N-dealkylation sites (N-methyl/N-ethyl adjacent to an activating group) is 1. The highest BCUT2D eigenvalue weighted by atomic mass is 15.1. The first-order valence-corrected chi connectivity index (χ1v) is 7.05. The Labute approximate surface area is 102 Å². The van der Waals surface area contributed by atoms with Crippen LogP contribution in [0.15, 0.2) is 0 Å². The Hall–Kier alpha value is -0.0800. The van der Waals surface area contributed by atoms with Crippen LogP contribution in [0.3, 0.4) is 0 Å². The van der Waals surface area contributed by atoms with Crippen molar-refractivity contribution in [3.63, 3.8) is 0 Å². The maximum atomic E-state index is 3.47. The lowest BCUT2D eigenvalue weighted by molar-refractivity contribution is 0.140. The average molecular weight is 226 g/mol. The van der Waals surface area contributed by atoms with Gasteiger partial charge >= 0.3 is 0 Å². The molecule has 1 fully saturated rings. The Morgan fingerprint density at radius 1 is 1.12 bits per heavy atom. The van der Waals surface area contributed by atoms with Gasteiger partial charge in [0.2, 0.25) is 0 Å². The lowest BCUT2D eigenvalue weighted by atomic mass is 9.75. The van der Waals surface area contributed by atoms with Crippen LogP contribution in [0, 0.1) is 5.41 Å². The smallest absolute Gasteiger partial charge is 0.0104 e. The van der Waals surface area contributed by atoms with Crippen molar-refractivity contribution < 1.29 is 0 Å². The molecular formula is C14H30N2. The summed E-state index contributed by atoms with van der Waals surface area (Å²) in [5.74, 6) is 0. The van der Waals surface area contributed by atoms with Gasteiger partial charge in [0.25, 0.3) is 0 Å². The first-order valence-electron chi connectivity index (χ1n) is 7.05. The zero-order valence-electron chi connectivity index (χ0n) is 11.5. The Balaban J connectivity index is 2.14. The van der Waals surface area contributed by atoms with Crippen LogP contribution < -0.4 is 5.32 Å². The largest absolute Gasteiger partial charge is 0.315 e. The third-order valence-electron chi connectivity index (χ3n) is 3.81. The van der Waals surface area contributed by atoms with E-state index in [2.05, 4.69) is 31.1 Å². The third-order valence-corrected chi connectivity index (χ3v) is 3.81. The van der Waals surface area contributed by atoms with Crippen LogP contribution >= 0.6 is 0 Å². The van der Waals surface area contributed by atoms with Gasteiger partial charge in [-0.1, -0.05) is 33.1 Å². The topological polar surface area (TPSA) is 15.3 Å². The van der Waals surface area contributed by atoms with Crippen molar-refractivity contribution in [3.8, 4) is 0 Å². The summed E-state index contributed by atoms with van der Waals surface area (Å²) in [4.78, 5) is 2.51. The maximum Gasteiger partial charge on any atom is 0.0104 e. The zero-order chi connectivity index (χ0) is 11.9. The Morgan fingerprint density at radius 2 is 1.81 bits per heavy atom. The first-order chi connectivity index (χ1) is 7.66. The van der Waals surface area contributed by atoms with Crippen LogP contribution in [0.25, 0.3) is 0 Å². The van der Waals surface area contributed by atoms with Gasteiger partial charge < -0.3 is 10.2 Å². The van der Waals surface area contributed by atoms with Crippen LogP contribution in [-0.2, 0) is 0 Å². The number of nitrogens with one attached hydrogen (secondary N) is 1. The lowest BCUT2D eigenvalue weighted by Crippen LogP contribution is -2.38. The van der Waals surface area contributed by atoms with Gasteiger partial charge in [0.05, 0.1) is 0 Å². The normalized spacial score (nSPS) is 20.2. The summed E-state index contributed by atoms with van der Waals surface area (Å²) in [5, 5.41) is 3.47. The van der Waals surface area contributed by atoms with Crippen LogP contribution in [0.4, 0.5) is 0 Å². The van der Waals surface area contributed by atoms with Crippen molar-refractivity contribution in [3.05, 3.63) is 0 Å². The number of nitrogens with zero attached hydrogens (tertiary/aromatic N) is 1. The summed E-state index contributed by atoms with van der Waals surface area (Å²) in [6.07, 6.45) is 8.44. The molecular weight excluding hydrogens is 196 g/mol. The van der Waals surface area contributed by atoms with E-state index in [1.54, 1.807) is 0 Å². The monoisotopic (exact) mass is 226 g/mol. The predicted molar refractivity (Wildman–Crippen MR) is 71.8 cm³/mol. The maximum absolute atomic E-state index is 3.47. The van der Waals surface area contributed by atoms with Crippen molar-refractivity contribution in [2.24, 2.45) is 5.41 Å². The molecule has 0 unspecified atom stereocenters. The molecule has 0 amide bonds. The van der Waals surface area contributed by atoms with Gasteiger partial charge in [-0.25, -0.2) is 0 Å². The van der Waals surface area contributed by atoms with Crippen LogP contribution in [-0.4, -0.2) is 38.1 Å². The molecule has 0 aliphatic heterocycles. The average Bonchev–Trinajstić information content (AvgIpc) is 2.25. The second kappa shape index (κ2) is 7.29. The van der Waals surface area contributed by atoms with Gasteiger partial charge in [0, 0.05) is 19.6 Å². The fraction of sp³-hybridized carbons (Fsp3) is 1.00. The van der Waals surface area contributed by atoms with E-state index < -0.39 is 0 Å². The van der Waals surface area contributed by atoms with Crippen molar-refractivity contribution in [2.75, 3.05) is 33.2 Å². The van der Waals surface area contributed by atoms with Gasteiger partial charge in [-0.15, -0.1) is 0 Å². The summed E-state index contributed by atoms with van der Waals surface area (Å²) in [7, 11) is 2.27. The molecule has 0 spiro atoms. The zero-order valence-corrected chi connectivity index (χ0v) is 11.5. The van der Waals surface area contributed by atoms with Crippen LogP contribution in [0.5, 0.6) is 0 Å². The van der Waals surface area contributed by atoms with E-state index >= 15 is 0 Å². The molecule has 0 saturated heterocycles. The number of rotatable bonds is 7. The van der Waals surface area contributed by atoms with E-state index in [1.807, 2.05) is 0 Å². The van der Waals surface area contributed by atoms with Crippen molar-refractivity contribution in [2.45, 2.75) is 52.4 Å². The number of hydrogen-bond acceptors (Lipinski definition) is 2. The van der Waals surface area contributed by atoms with Gasteiger partial charge in [-0.3, -0.25) is 0 Å². The molecule has 0 atom stereocenters. The molecule has 0 bridgehead atoms. The molecule has 1 aliphatic carbocycles. The molecule has 2 nitrogen and oxygen atoms in total. The quantitative estimate of drug-likeness (QED) is 0.672. The molecule has 2 heteroatoms. The number of hydrogen-bond donors (Lipinski definition) is 1. The SMILES string of the molecule is CCCNCCN(C)CC1(C)CCCCC1. The second-order valence-electron chi connectivity index (χ2n) is 5.86. The molecule has 16 heavy (non-hydrogen) atoms. The van der Waals surface area contributed by atoms with E-state index in [0.717, 1.165) is 13.1 Å². The van der Waals surface area contributed by atoms with E-state index in [9.17, 15) is 0 Å². The Kier molecular flexibility index (Phi) is 6.37. The van der Waals surface area contributed by atoms with Crippen molar-refractivity contribution in [1.29, 1.82) is 0 Å². The summed E-state index contributed by atoms with van der Waals surface area (Å²) < 4.78 is 0. The molecule has 96 valence electrons. The first kappa shape index (κ1) is 14.0. The van der Waals surface area contributed by atoms with Crippen molar-refractivity contribution in [1.82, 2.24) is 10.2 Å². The summed E-state index contributed by atoms with van der Waals surface area (Å²) >= 11 is 0. The highest BCUT2D eigenvalue weighted by Gasteiger charge is 2.27. The van der Waals surface area contributed by atoms with E-state index in [-0.39, 0.29) is 0 Å². The van der Waals surface area contributed by atoms with E-state index in [0.29, 0.717) is 5.41 Å². The molecule has 1 N–H and O–H groups in total. The Morgan fingerprint density at radius 3 is 2.44 bits per heavy atom. The third kappa shape index (κ3) is 5.31. The fourth-order valence-corrected chi connectivity index (χ4v) is 2.87. The second-order valence-corrected chi connectivity index (χ2v) is 5.86. The summed E-state index contributed by atoms with van der Waals surface area (Å²) in [6, 6.07) is 0. The Bertz CT molecular complexity index is 174. The molecule has 0 aromatic rings. The molecule has 0 aromatic heterocycles. The van der Waals surface area contributed by atoms with E-state index in [4.69, 9.17) is 0 Å². The fourth-order valence-electron chi connectivity index (χ4n) is 2.87. The molecule has 1 aliphatic rings. The molecule has 0 aromatic carbocycles. The minimum Gasteiger partial charge on any atom is -0.315 e. The molecule has 1 rings (SSSR count). The highest BCUT2D eigenvalue weighted by Crippen LogP contribution is 2.35. The molecule has 0 heterocycles.